The number of rotatable bonds is 4. The third-order valence-corrected chi connectivity index (χ3v) is 3.90. The minimum atomic E-state index is -0.242. The summed E-state index contributed by atoms with van der Waals surface area (Å²) in [5, 5.41) is 3.99. The van der Waals surface area contributed by atoms with Gasteiger partial charge in [-0.15, -0.1) is 0 Å². The molecule has 0 bridgehead atoms. The Balaban J connectivity index is 1.76. The molecule has 1 aromatic heterocycles. The van der Waals surface area contributed by atoms with Gasteiger partial charge in [0.15, 0.2) is 5.82 Å². The van der Waals surface area contributed by atoms with Crippen molar-refractivity contribution >= 4 is 0 Å². The maximum Gasteiger partial charge on any atom is 0.234 e. The monoisotopic (exact) mass is 261 g/mol. The van der Waals surface area contributed by atoms with Gasteiger partial charge in [-0.2, -0.15) is 4.98 Å². The molecule has 0 amide bonds. The number of hydrogen-bond donors (Lipinski definition) is 1. The summed E-state index contributed by atoms with van der Waals surface area (Å²) in [6.07, 6.45) is 3.74. The van der Waals surface area contributed by atoms with Crippen LogP contribution in [0.4, 0.5) is 4.39 Å². The van der Waals surface area contributed by atoms with E-state index in [1.807, 2.05) is 0 Å². The molecule has 0 atom stereocenters. The second kappa shape index (κ2) is 4.74. The Morgan fingerprint density at radius 2 is 2.00 bits per heavy atom. The van der Waals surface area contributed by atoms with E-state index < -0.39 is 0 Å². The highest BCUT2D eigenvalue weighted by Gasteiger charge is 2.42. The molecule has 100 valence electrons. The Labute approximate surface area is 110 Å². The Bertz CT molecular complexity index is 555. The summed E-state index contributed by atoms with van der Waals surface area (Å²) in [6.45, 7) is 0.547. The number of benzene rings is 1. The third kappa shape index (κ3) is 2.26. The molecule has 0 saturated heterocycles. The van der Waals surface area contributed by atoms with Crippen LogP contribution in [0.2, 0.25) is 0 Å². The van der Waals surface area contributed by atoms with Crippen molar-refractivity contribution in [3.63, 3.8) is 0 Å². The topological polar surface area (TPSA) is 64.9 Å². The first-order valence-electron chi connectivity index (χ1n) is 6.49. The van der Waals surface area contributed by atoms with Gasteiger partial charge in [0.25, 0.3) is 0 Å². The van der Waals surface area contributed by atoms with E-state index >= 15 is 0 Å². The van der Waals surface area contributed by atoms with Crippen LogP contribution in [0.15, 0.2) is 28.8 Å². The lowest BCUT2D eigenvalue weighted by Crippen LogP contribution is -2.41. The Hall–Kier alpha value is -1.75. The van der Waals surface area contributed by atoms with E-state index in [2.05, 4.69) is 10.1 Å². The molecule has 1 aromatic carbocycles. The van der Waals surface area contributed by atoms with Crippen LogP contribution in [0.1, 0.15) is 36.5 Å². The molecule has 1 fully saturated rings. The molecule has 1 heterocycles. The highest BCUT2D eigenvalue weighted by Crippen LogP contribution is 2.41. The highest BCUT2D eigenvalue weighted by atomic mass is 19.1. The predicted octanol–water partition coefficient (Wildman–Crippen LogP) is 2.18. The van der Waals surface area contributed by atoms with Crippen molar-refractivity contribution in [2.24, 2.45) is 5.73 Å². The zero-order valence-electron chi connectivity index (χ0n) is 10.6. The van der Waals surface area contributed by atoms with Crippen LogP contribution >= 0.6 is 0 Å². The smallest absolute Gasteiger partial charge is 0.234 e. The summed E-state index contributed by atoms with van der Waals surface area (Å²) in [5.74, 6) is 1.04. The molecule has 0 radical (unpaired) electrons. The summed E-state index contributed by atoms with van der Waals surface area (Å²) >= 11 is 0. The molecule has 0 unspecified atom stereocenters. The molecule has 1 aliphatic rings. The van der Waals surface area contributed by atoms with E-state index in [1.165, 1.54) is 12.1 Å². The van der Waals surface area contributed by atoms with Crippen molar-refractivity contribution in [2.75, 3.05) is 6.54 Å². The maximum absolute atomic E-state index is 12.8. The van der Waals surface area contributed by atoms with Gasteiger partial charge < -0.3 is 10.3 Å². The van der Waals surface area contributed by atoms with Gasteiger partial charge in [-0.1, -0.05) is 23.7 Å². The lowest BCUT2D eigenvalue weighted by Gasteiger charge is -2.36. The highest BCUT2D eigenvalue weighted by molar-refractivity contribution is 5.20. The normalized spacial score (nSPS) is 17.2. The molecule has 2 aromatic rings. The van der Waals surface area contributed by atoms with Gasteiger partial charge in [-0.05, 0) is 30.5 Å². The summed E-state index contributed by atoms with van der Waals surface area (Å²) in [6, 6.07) is 6.33. The second-order valence-corrected chi connectivity index (χ2v) is 5.16. The minimum absolute atomic E-state index is 0.103. The van der Waals surface area contributed by atoms with Crippen molar-refractivity contribution in [3.05, 3.63) is 47.4 Å². The van der Waals surface area contributed by atoms with Gasteiger partial charge in [-0.3, -0.25) is 0 Å². The molecule has 2 N–H and O–H groups in total. The summed E-state index contributed by atoms with van der Waals surface area (Å²) < 4.78 is 18.2. The van der Waals surface area contributed by atoms with Crippen molar-refractivity contribution in [1.29, 1.82) is 0 Å². The average Bonchev–Trinajstić information content (AvgIpc) is 2.81. The van der Waals surface area contributed by atoms with Crippen LogP contribution < -0.4 is 5.73 Å². The van der Waals surface area contributed by atoms with Crippen LogP contribution in [0, 0.1) is 5.82 Å². The number of aromatic nitrogens is 2. The first-order chi connectivity index (χ1) is 9.22. The van der Waals surface area contributed by atoms with Crippen molar-refractivity contribution < 1.29 is 8.91 Å². The van der Waals surface area contributed by atoms with Gasteiger partial charge in [0.1, 0.15) is 5.82 Å². The Morgan fingerprint density at radius 1 is 1.26 bits per heavy atom. The van der Waals surface area contributed by atoms with Gasteiger partial charge in [0.2, 0.25) is 5.89 Å². The molecule has 1 saturated carbocycles. The molecule has 0 spiro atoms. The first-order valence-corrected chi connectivity index (χ1v) is 6.49. The van der Waals surface area contributed by atoms with Gasteiger partial charge >= 0.3 is 0 Å². The Kier molecular flexibility index (Phi) is 3.06. The van der Waals surface area contributed by atoms with E-state index in [0.29, 0.717) is 24.7 Å². The van der Waals surface area contributed by atoms with E-state index in [9.17, 15) is 4.39 Å². The third-order valence-electron chi connectivity index (χ3n) is 3.90. The van der Waals surface area contributed by atoms with Crippen LogP contribution in [-0.4, -0.2) is 16.7 Å². The zero-order valence-corrected chi connectivity index (χ0v) is 10.6. The van der Waals surface area contributed by atoms with Crippen LogP contribution in [0.3, 0.4) is 0 Å². The average molecular weight is 261 g/mol. The summed E-state index contributed by atoms with van der Waals surface area (Å²) in [4.78, 5) is 4.44. The van der Waals surface area contributed by atoms with Gasteiger partial charge in [0, 0.05) is 13.0 Å². The van der Waals surface area contributed by atoms with Crippen LogP contribution in [0.5, 0.6) is 0 Å². The van der Waals surface area contributed by atoms with E-state index in [0.717, 1.165) is 24.8 Å². The van der Waals surface area contributed by atoms with E-state index in [4.69, 9.17) is 10.3 Å². The zero-order chi connectivity index (χ0) is 13.3. The molecule has 19 heavy (non-hydrogen) atoms. The van der Waals surface area contributed by atoms with Gasteiger partial charge in [-0.25, -0.2) is 4.39 Å². The summed E-state index contributed by atoms with van der Waals surface area (Å²) in [5.41, 5.74) is 6.67. The number of nitrogens with zero attached hydrogens (tertiary/aromatic N) is 2. The second-order valence-electron chi connectivity index (χ2n) is 5.16. The number of halogens is 1. The van der Waals surface area contributed by atoms with Gasteiger partial charge in [0.05, 0.1) is 5.41 Å². The number of nitrogens with two attached hydrogens (primary N) is 1. The maximum atomic E-state index is 12.8. The molecule has 5 heteroatoms. The van der Waals surface area contributed by atoms with E-state index in [-0.39, 0.29) is 11.2 Å². The summed E-state index contributed by atoms with van der Waals surface area (Å²) in [7, 11) is 0. The first kappa shape index (κ1) is 12.3. The molecule has 1 aliphatic carbocycles. The van der Waals surface area contributed by atoms with Crippen LogP contribution in [-0.2, 0) is 11.8 Å². The molecular weight excluding hydrogens is 245 g/mol. The fraction of sp³-hybridized carbons (Fsp3) is 0.429. The fourth-order valence-corrected chi connectivity index (χ4v) is 2.43. The number of hydrogen-bond acceptors (Lipinski definition) is 4. The van der Waals surface area contributed by atoms with Crippen LogP contribution in [0.25, 0.3) is 0 Å². The lowest BCUT2D eigenvalue weighted by molar-refractivity contribution is 0.181. The quantitative estimate of drug-likeness (QED) is 0.916. The Morgan fingerprint density at radius 3 is 2.58 bits per heavy atom. The van der Waals surface area contributed by atoms with Crippen molar-refractivity contribution in [1.82, 2.24) is 10.1 Å². The van der Waals surface area contributed by atoms with E-state index in [1.54, 1.807) is 12.1 Å². The lowest BCUT2D eigenvalue weighted by atomic mass is 9.69. The molecule has 3 rings (SSSR count). The predicted molar refractivity (Wildman–Crippen MR) is 68.1 cm³/mol. The standard InChI is InChI=1S/C14H16FN3O/c15-11-4-2-10(3-5-11)8-12-17-13(19-18-12)14(9-16)6-1-7-14/h2-5H,1,6-9,16H2. The minimum Gasteiger partial charge on any atom is -0.339 e. The van der Waals surface area contributed by atoms with Crippen molar-refractivity contribution in [3.8, 4) is 0 Å². The molecular formula is C14H16FN3O. The largest absolute Gasteiger partial charge is 0.339 e. The molecule has 4 nitrogen and oxygen atoms in total. The molecule has 0 aliphatic heterocycles. The van der Waals surface area contributed by atoms with Crippen molar-refractivity contribution in [2.45, 2.75) is 31.1 Å². The SMILES string of the molecule is NCC1(c2nc(Cc3ccc(F)cc3)no2)CCC1. The fourth-order valence-electron chi connectivity index (χ4n) is 2.43.